The van der Waals surface area contributed by atoms with E-state index in [2.05, 4.69) is 5.32 Å². The van der Waals surface area contributed by atoms with Gasteiger partial charge in [-0.05, 0) is 72.8 Å². The van der Waals surface area contributed by atoms with Gasteiger partial charge in [0.15, 0.2) is 0 Å². The summed E-state index contributed by atoms with van der Waals surface area (Å²) < 4.78 is 28.0. The van der Waals surface area contributed by atoms with E-state index in [1.54, 1.807) is 30.3 Å². The number of carbonyl (C=O) groups excluding carboxylic acids is 1. The Labute approximate surface area is 197 Å². The first-order chi connectivity index (χ1) is 15.8. The molecule has 4 aromatic rings. The van der Waals surface area contributed by atoms with E-state index in [9.17, 15) is 13.2 Å². The number of hydrogen-bond donors (Lipinski definition) is 1. The van der Waals surface area contributed by atoms with E-state index in [4.69, 9.17) is 11.6 Å². The Morgan fingerprint density at radius 2 is 1.70 bits per heavy atom. The fourth-order valence-corrected chi connectivity index (χ4v) is 6.18. The van der Waals surface area contributed by atoms with Crippen molar-refractivity contribution < 1.29 is 13.2 Å². The first kappa shape index (κ1) is 21.5. The molecule has 0 saturated carbocycles. The lowest BCUT2D eigenvalue weighted by atomic mass is 10.1. The molecular weight excluding hydrogens is 456 g/mol. The van der Waals surface area contributed by atoms with Gasteiger partial charge in [-0.3, -0.25) is 9.10 Å². The number of hydrogen-bond acceptors (Lipinski definition) is 3. The molecule has 0 saturated heterocycles. The van der Waals surface area contributed by atoms with Crippen molar-refractivity contribution in [3.63, 3.8) is 0 Å². The topological polar surface area (TPSA) is 66.5 Å². The second kappa shape index (κ2) is 8.21. The molecule has 0 spiro atoms. The Morgan fingerprint density at radius 1 is 0.970 bits per heavy atom. The molecule has 1 N–H and O–H groups in total. The molecule has 0 aliphatic carbocycles. The SMILES string of the molecule is C[C@@H]1Cc2cc(C(=O)Nc3cccc4ccccc34)ccc2N1S(=O)(=O)c1ccc(Cl)cc1. The van der Waals surface area contributed by atoms with E-state index in [0.29, 0.717) is 22.7 Å². The minimum atomic E-state index is -3.75. The molecule has 1 atom stereocenters. The Balaban J connectivity index is 1.45. The lowest BCUT2D eigenvalue weighted by Gasteiger charge is -2.24. The van der Waals surface area contributed by atoms with Crippen LogP contribution in [0.4, 0.5) is 11.4 Å². The minimum absolute atomic E-state index is 0.185. The van der Waals surface area contributed by atoms with Crippen molar-refractivity contribution in [2.75, 3.05) is 9.62 Å². The highest BCUT2D eigenvalue weighted by Crippen LogP contribution is 2.37. The molecule has 0 radical (unpaired) electrons. The third-order valence-electron chi connectivity index (χ3n) is 5.90. The molecule has 166 valence electrons. The molecule has 0 fully saturated rings. The van der Waals surface area contributed by atoms with E-state index in [-0.39, 0.29) is 16.8 Å². The van der Waals surface area contributed by atoms with Crippen molar-refractivity contribution in [2.45, 2.75) is 24.3 Å². The van der Waals surface area contributed by atoms with Crippen LogP contribution in [0.25, 0.3) is 10.8 Å². The number of carbonyl (C=O) groups is 1. The third-order valence-corrected chi connectivity index (χ3v) is 8.10. The zero-order chi connectivity index (χ0) is 23.2. The molecule has 33 heavy (non-hydrogen) atoms. The number of nitrogens with zero attached hydrogens (tertiary/aromatic N) is 1. The van der Waals surface area contributed by atoms with E-state index in [1.807, 2.05) is 49.4 Å². The summed E-state index contributed by atoms with van der Waals surface area (Å²) in [6.45, 7) is 1.86. The summed E-state index contributed by atoms with van der Waals surface area (Å²) in [7, 11) is -3.75. The van der Waals surface area contributed by atoms with Crippen LogP contribution in [0.3, 0.4) is 0 Å². The van der Waals surface area contributed by atoms with Gasteiger partial charge in [-0.2, -0.15) is 0 Å². The standard InChI is InChI=1S/C26H21ClN2O3S/c1-17-15-20-16-19(26(30)28-24-8-4-6-18-5-2-3-7-23(18)24)9-14-25(20)29(17)33(31,32)22-12-10-21(27)11-13-22/h2-14,16-17H,15H2,1H3,(H,28,30)/t17-/m1/s1. The lowest BCUT2D eigenvalue weighted by Crippen LogP contribution is -2.35. The number of sulfonamides is 1. The first-order valence-electron chi connectivity index (χ1n) is 10.6. The molecule has 7 heteroatoms. The zero-order valence-electron chi connectivity index (χ0n) is 17.8. The fraction of sp³-hybridized carbons (Fsp3) is 0.115. The quantitative estimate of drug-likeness (QED) is 0.399. The van der Waals surface area contributed by atoms with Crippen LogP contribution in [0.5, 0.6) is 0 Å². The Hall–Kier alpha value is -3.35. The summed E-state index contributed by atoms with van der Waals surface area (Å²) in [5.74, 6) is -0.235. The van der Waals surface area contributed by atoms with Crippen LogP contribution < -0.4 is 9.62 Å². The average Bonchev–Trinajstić information content (AvgIpc) is 3.15. The van der Waals surface area contributed by atoms with Crippen molar-refractivity contribution in [1.82, 2.24) is 0 Å². The predicted molar refractivity (Wildman–Crippen MR) is 133 cm³/mol. The highest BCUT2D eigenvalue weighted by molar-refractivity contribution is 7.92. The van der Waals surface area contributed by atoms with Crippen LogP contribution in [0.1, 0.15) is 22.8 Å². The van der Waals surface area contributed by atoms with Gasteiger partial charge in [0.2, 0.25) is 0 Å². The molecule has 0 bridgehead atoms. The van der Waals surface area contributed by atoms with E-state index < -0.39 is 10.0 Å². The van der Waals surface area contributed by atoms with Crippen LogP contribution in [0.2, 0.25) is 5.02 Å². The Bertz CT molecular complexity index is 1480. The van der Waals surface area contributed by atoms with Crippen molar-refractivity contribution in [2.24, 2.45) is 0 Å². The number of benzene rings is 4. The Kier molecular flexibility index (Phi) is 5.35. The Morgan fingerprint density at radius 3 is 2.48 bits per heavy atom. The van der Waals surface area contributed by atoms with Crippen LogP contribution in [-0.4, -0.2) is 20.4 Å². The van der Waals surface area contributed by atoms with Gasteiger partial charge in [-0.1, -0.05) is 48.0 Å². The highest BCUT2D eigenvalue weighted by Gasteiger charge is 2.36. The van der Waals surface area contributed by atoms with Crippen LogP contribution in [-0.2, 0) is 16.4 Å². The van der Waals surface area contributed by atoms with Gasteiger partial charge in [-0.25, -0.2) is 8.42 Å². The van der Waals surface area contributed by atoms with E-state index in [1.165, 1.54) is 16.4 Å². The number of halogens is 1. The molecule has 5 nitrogen and oxygen atoms in total. The maximum atomic E-state index is 13.3. The molecule has 5 rings (SSSR count). The van der Waals surface area contributed by atoms with Crippen LogP contribution in [0, 0.1) is 0 Å². The van der Waals surface area contributed by atoms with Crippen molar-refractivity contribution in [1.29, 1.82) is 0 Å². The number of nitrogens with one attached hydrogen (secondary N) is 1. The van der Waals surface area contributed by atoms with Crippen LogP contribution in [0.15, 0.2) is 89.8 Å². The van der Waals surface area contributed by atoms with Gasteiger partial charge in [0.25, 0.3) is 15.9 Å². The van der Waals surface area contributed by atoms with Gasteiger partial charge in [0, 0.05) is 27.7 Å². The number of amides is 1. The third kappa shape index (κ3) is 3.86. The van der Waals surface area contributed by atoms with Gasteiger partial charge in [-0.15, -0.1) is 0 Å². The molecule has 0 aromatic heterocycles. The second-order valence-corrected chi connectivity index (χ2v) is 10.4. The van der Waals surface area contributed by atoms with E-state index in [0.717, 1.165) is 22.0 Å². The van der Waals surface area contributed by atoms with E-state index >= 15 is 0 Å². The number of fused-ring (bicyclic) bond motifs is 2. The lowest BCUT2D eigenvalue weighted by molar-refractivity contribution is 0.102. The second-order valence-electron chi connectivity index (χ2n) is 8.13. The minimum Gasteiger partial charge on any atom is -0.321 e. The number of rotatable bonds is 4. The first-order valence-corrected chi connectivity index (χ1v) is 12.4. The summed E-state index contributed by atoms with van der Waals surface area (Å²) in [4.78, 5) is 13.2. The smallest absolute Gasteiger partial charge is 0.264 e. The highest BCUT2D eigenvalue weighted by atomic mass is 35.5. The summed E-state index contributed by atoms with van der Waals surface area (Å²) in [6.07, 6.45) is 0.525. The summed E-state index contributed by atoms with van der Waals surface area (Å²) in [5, 5.41) is 5.47. The summed E-state index contributed by atoms with van der Waals surface area (Å²) in [6, 6.07) is 24.7. The predicted octanol–water partition coefficient (Wildman–Crippen LogP) is 5.89. The van der Waals surface area contributed by atoms with Gasteiger partial charge in [0.1, 0.15) is 0 Å². The summed E-state index contributed by atoms with van der Waals surface area (Å²) >= 11 is 5.92. The van der Waals surface area contributed by atoms with Crippen molar-refractivity contribution in [3.05, 3.63) is 101 Å². The molecule has 1 amide bonds. The van der Waals surface area contributed by atoms with Gasteiger partial charge in [0.05, 0.1) is 10.6 Å². The van der Waals surface area contributed by atoms with Gasteiger partial charge < -0.3 is 5.32 Å². The van der Waals surface area contributed by atoms with Crippen molar-refractivity contribution >= 4 is 49.7 Å². The number of anilines is 2. The molecule has 1 heterocycles. The van der Waals surface area contributed by atoms with Crippen molar-refractivity contribution in [3.8, 4) is 0 Å². The largest absolute Gasteiger partial charge is 0.321 e. The monoisotopic (exact) mass is 476 g/mol. The molecule has 1 aliphatic heterocycles. The molecule has 1 aliphatic rings. The molecule has 0 unspecified atom stereocenters. The normalized spacial score (nSPS) is 15.5. The maximum absolute atomic E-state index is 13.3. The molecule has 4 aromatic carbocycles. The zero-order valence-corrected chi connectivity index (χ0v) is 19.4. The maximum Gasteiger partial charge on any atom is 0.264 e. The molecular formula is C26H21ClN2O3S. The average molecular weight is 477 g/mol. The van der Waals surface area contributed by atoms with Crippen LogP contribution >= 0.6 is 11.6 Å². The van der Waals surface area contributed by atoms with Gasteiger partial charge >= 0.3 is 0 Å². The fourth-order valence-electron chi connectivity index (χ4n) is 4.36. The summed E-state index contributed by atoms with van der Waals surface area (Å²) in [5.41, 5.74) is 2.64.